The summed E-state index contributed by atoms with van der Waals surface area (Å²) < 4.78 is 13.3. The van der Waals surface area contributed by atoms with Crippen molar-refractivity contribution in [2.75, 3.05) is 5.75 Å². The lowest BCUT2D eigenvalue weighted by atomic mass is 10.2. The molecule has 0 amide bonds. The van der Waals surface area contributed by atoms with Crippen molar-refractivity contribution in [3.63, 3.8) is 0 Å². The zero-order valence-corrected chi connectivity index (χ0v) is 9.45. The van der Waals surface area contributed by atoms with Crippen molar-refractivity contribution >= 4 is 29.3 Å². The molecule has 1 aromatic carbocycles. The monoisotopic (exact) mass is 248 g/mol. The van der Waals surface area contributed by atoms with E-state index in [0.717, 1.165) is 0 Å². The summed E-state index contributed by atoms with van der Waals surface area (Å²) in [4.78, 5) is 10.2. The number of halogens is 2. The minimum atomic E-state index is -0.839. The van der Waals surface area contributed by atoms with E-state index in [1.807, 2.05) is 0 Å². The molecule has 0 fully saturated rings. The summed E-state index contributed by atoms with van der Waals surface area (Å²) in [5, 5.41) is 8.50. The fourth-order valence-corrected chi connectivity index (χ4v) is 2.10. The van der Waals surface area contributed by atoms with E-state index in [9.17, 15) is 9.18 Å². The molecule has 1 N–H and O–H groups in total. The lowest BCUT2D eigenvalue weighted by Crippen LogP contribution is -1.97. The maximum atomic E-state index is 13.3. The van der Waals surface area contributed by atoms with Gasteiger partial charge in [0, 0.05) is 11.5 Å². The van der Waals surface area contributed by atoms with Crippen LogP contribution in [0.5, 0.6) is 0 Å². The zero-order valence-electron chi connectivity index (χ0n) is 7.87. The molecule has 0 heterocycles. The third-order valence-corrected chi connectivity index (χ3v) is 3.05. The minimum Gasteiger partial charge on any atom is -0.481 e. The fraction of sp³-hybridized carbons (Fsp3) is 0.300. The smallest absolute Gasteiger partial charge is 0.304 e. The van der Waals surface area contributed by atoms with Gasteiger partial charge in [0.2, 0.25) is 0 Å². The highest BCUT2D eigenvalue weighted by atomic mass is 35.5. The molecule has 0 aliphatic heterocycles. The summed E-state index contributed by atoms with van der Waals surface area (Å²) in [7, 11) is 0. The Morgan fingerprint density at radius 3 is 2.93 bits per heavy atom. The Bertz CT molecular complexity index is 357. The van der Waals surface area contributed by atoms with E-state index in [2.05, 4.69) is 0 Å². The van der Waals surface area contributed by atoms with Gasteiger partial charge < -0.3 is 5.11 Å². The first kappa shape index (κ1) is 12.3. The number of carboxylic acids is 1. The third kappa shape index (κ3) is 4.10. The van der Waals surface area contributed by atoms with Crippen LogP contribution in [-0.2, 0) is 10.5 Å². The molecule has 0 unspecified atom stereocenters. The average molecular weight is 249 g/mol. The summed E-state index contributed by atoms with van der Waals surface area (Å²) >= 11 is 6.98. The molecule has 0 aliphatic carbocycles. The van der Waals surface area contributed by atoms with Crippen LogP contribution in [0.1, 0.15) is 12.0 Å². The number of rotatable bonds is 5. The van der Waals surface area contributed by atoms with Crippen LogP contribution in [0.2, 0.25) is 5.02 Å². The topological polar surface area (TPSA) is 37.3 Å². The summed E-state index contributed by atoms with van der Waals surface area (Å²) in [6.07, 6.45) is 0.0901. The zero-order chi connectivity index (χ0) is 11.3. The lowest BCUT2D eigenvalue weighted by molar-refractivity contribution is -0.136. The van der Waals surface area contributed by atoms with E-state index in [-0.39, 0.29) is 11.4 Å². The van der Waals surface area contributed by atoms with Crippen LogP contribution in [0.4, 0.5) is 4.39 Å². The summed E-state index contributed by atoms with van der Waals surface area (Å²) in [5.74, 6) is -0.336. The summed E-state index contributed by atoms with van der Waals surface area (Å²) in [6.45, 7) is 0. The number of carbonyl (C=O) groups is 1. The predicted molar refractivity (Wildman–Crippen MR) is 59.8 cm³/mol. The van der Waals surface area contributed by atoms with Crippen LogP contribution in [0.25, 0.3) is 0 Å². The van der Waals surface area contributed by atoms with Crippen molar-refractivity contribution < 1.29 is 14.3 Å². The molecule has 0 aromatic heterocycles. The largest absolute Gasteiger partial charge is 0.481 e. The highest BCUT2D eigenvalue weighted by Gasteiger charge is 2.06. The van der Waals surface area contributed by atoms with Crippen LogP contribution in [0.15, 0.2) is 18.2 Å². The molecule has 0 aliphatic rings. The van der Waals surface area contributed by atoms with Gasteiger partial charge in [-0.05, 0) is 11.6 Å². The lowest BCUT2D eigenvalue weighted by Gasteiger charge is -2.03. The minimum absolute atomic E-state index is 0.0901. The number of benzene rings is 1. The van der Waals surface area contributed by atoms with Gasteiger partial charge in [0.05, 0.1) is 11.4 Å². The van der Waals surface area contributed by atoms with Gasteiger partial charge in [-0.25, -0.2) is 4.39 Å². The van der Waals surface area contributed by atoms with Gasteiger partial charge in [0.1, 0.15) is 5.82 Å². The number of hydrogen-bond acceptors (Lipinski definition) is 2. The first-order valence-corrected chi connectivity index (χ1v) is 5.87. The molecule has 0 saturated carbocycles. The molecule has 5 heteroatoms. The summed E-state index contributed by atoms with van der Waals surface area (Å²) in [5.41, 5.74) is 0.512. The molecule has 0 spiro atoms. The van der Waals surface area contributed by atoms with E-state index >= 15 is 0 Å². The molecule has 0 radical (unpaired) electrons. The number of hydrogen-bond donors (Lipinski definition) is 1. The maximum absolute atomic E-state index is 13.3. The molecule has 82 valence electrons. The Morgan fingerprint density at radius 1 is 1.53 bits per heavy atom. The second-order valence-corrected chi connectivity index (χ2v) is 4.42. The molecule has 0 bridgehead atoms. The van der Waals surface area contributed by atoms with Gasteiger partial charge in [0.25, 0.3) is 0 Å². The van der Waals surface area contributed by atoms with Gasteiger partial charge in [-0.15, -0.1) is 0 Å². The first-order valence-electron chi connectivity index (χ1n) is 4.33. The van der Waals surface area contributed by atoms with Crippen molar-refractivity contribution in [1.82, 2.24) is 0 Å². The quantitative estimate of drug-likeness (QED) is 0.814. The fourth-order valence-electron chi connectivity index (χ4n) is 1.00. The standard InChI is InChI=1S/C10H10ClFO2S/c11-8-3-1-2-7(10(8)12)6-15-5-4-9(13)14/h1-3H,4-6H2,(H,13,14). The van der Waals surface area contributed by atoms with Crippen molar-refractivity contribution in [3.05, 3.63) is 34.6 Å². The van der Waals surface area contributed by atoms with Gasteiger partial charge >= 0.3 is 5.97 Å². The van der Waals surface area contributed by atoms with Crippen LogP contribution in [0.3, 0.4) is 0 Å². The maximum Gasteiger partial charge on any atom is 0.304 e. The van der Waals surface area contributed by atoms with E-state index < -0.39 is 11.8 Å². The Labute approximate surface area is 96.4 Å². The second kappa shape index (κ2) is 5.98. The molecule has 0 saturated heterocycles. The Balaban J connectivity index is 2.44. The van der Waals surface area contributed by atoms with Gasteiger partial charge in [-0.3, -0.25) is 4.79 Å². The first-order chi connectivity index (χ1) is 7.11. The van der Waals surface area contributed by atoms with Crippen LogP contribution in [-0.4, -0.2) is 16.8 Å². The highest BCUT2D eigenvalue weighted by molar-refractivity contribution is 7.98. The molecule has 0 atom stereocenters. The molecule has 2 nitrogen and oxygen atoms in total. The van der Waals surface area contributed by atoms with Crippen LogP contribution < -0.4 is 0 Å². The highest BCUT2D eigenvalue weighted by Crippen LogP contribution is 2.22. The van der Waals surface area contributed by atoms with Crippen molar-refractivity contribution in [2.45, 2.75) is 12.2 Å². The van der Waals surface area contributed by atoms with E-state index in [0.29, 0.717) is 17.1 Å². The predicted octanol–water partition coefficient (Wildman–Crippen LogP) is 3.19. The molecular weight excluding hydrogens is 239 g/mol. The average Bonchev–Trinajstić information content (AvgIpc) is 2.18. The molecule has 15 heavy (non-hydrogen) atoms. The number of thioether (sulfide) groups is 1. The molecular formula is C10H10ClFO2S. The van der Waals surface area contributed by atoms with Crippen LogP contribution >= 0.6 is 23.4 Å². The number of aliphatic carboxylic acids is 1. The third-order valence-electron chi connectivity index (χ3n) is 1.75. The van der Waals surface area contributed by atoms with Crippen molar-refractivity contribution in [2.24, 2.45) is 0 Å². The van der Waals surface area contributed by atoms with Crippen molar-refractivity contribution in [1.29, 1.82) is 0 Å². The number of carboxylic acid groups (broad SMARTS) is 1. The normalized spacial score (nSPS) is 10.3. The van der Waals surface area contributed by atoms with E-state index in [1.54, 1.807) is 12.1 Å². The van der Waals surface area contributed by atoms with Crippen LogP contribution in [0, 0.1) is 5.82 Å². The Morgan fingerprint density at radius 2 is 2.27 bits per heavy atom. The van der Waals surface area contributed by atoms with Gasteiger partial charge in [-0.2, -0.15) is 11.8 Å². The van der Waals surface area contributed by atoms with Gasteiger partial charge in [-0.1, -0.05) is 23.7 Å². The van der Waals surface area contributed by atoms with E-state index in [4.69, 9.17) is 16.7 Å². The molecule has 1 aromatic rings. The van der Waals surface area contributed by atoms with E-state index in [1.165, 1.54) is 17.8 Å². The van der Waals surface area contributed by atoms with Gasteiger partial charge in [0.15, 0.2) is 0 Å². The molecule has 1 rings (SSSR count). The van der Waals surface area contributed by atoms with Crippen molar-refractivity contribution in [3.8, 4) is 0 Å². The summed E-state index contributed by atoms with van der Waals surface area (Å²) in [6, 6.07) is 4.82. The Kier molecular flexibility index (Phi) is 4.91. The SMILES string of the molecule is O=C(O)CCSCc1cccc(Cl)c1F. The second-order valence-electron chi connectivity index (χ2n) is 2.91. The Hall–Kier alpha value is -0.740.